The quantitative estimate of drug-likeness (QED) is 0.178. The van der Waals surface area contributed by atoms with Crippen LogP contribution >= 0.6 is 0 Å². The third-order valence-electron chi connectivity index (χ3n) is 5.04. The molecule has 1 aliphatic rings. The Hall–Kier alpha value is -4.16. The van der Waals surface area contributed by atoms with Crippen LogP contribution in [0, 0.1) is 34.5 Å². The molecule has 29 heavy (non-hydrogen) atoms. The van der Waals surface area contributed by atoms with Crippen molar-refractivity contribution in [2.75, 3.05) is 0 Å². The standard InChI is InChI=1S/C23H18N6/c24-14-20-3-1-2-4-21(20)17-7-5-16(6-8-17)15-29-12-11-18-13-19(9-10-22(18)29)23(25)27-28-26/h2,4-13,20-21H,15H2,(H3,25,26,27). The van der Waals surface area contributed by atoms with Gasteiger partial charge in [-0.15, -0.1) is 5.11 Å². The van der Waals surface area contributed by atoms with Crippen molar-refractivity contribution < 1.29 is 0 Å². The molecule has 2 unspecified atom stereocenters. The Morgan fingerprint density at radius 2 is 2.03 bits per heavy atom. The molecule has 2 aromatic carbocycles. The minimum absolute atomic E-state index is 0.0158. The largest absolute Gasteiger partial charge is 0.343 e. The maximum Gasteiger partial charge on any atom is 0.176 e. The highest BCUT2D eigenvalue weighted by atomic mass is 15.3. The summed E-state index contributed by atoms with van der Waals surface area (Å²) in [5.74, 6) is 10.6. The second-order valence-electron chi connectivity index (χ2n) is 6.80. The van der Waals surface area contributed by atoms with Crippen molar-refractivity contribution in [3.8, 4) is 17.9 Å². The molecule has 0 amide bonds. The van der Waals surface area contributed by atoms with Crippen molar-refractivity contribution in [1.29, 1.82) is 10.7 Å². The SMILES string of the molecule is N#CC1C#CC=CC1c1ccc(Cn2ccc3cc(C(=N)N=NN)ccc32)cc1. The van der Waals surface area contributed by atoms with Gasteiger partial charge in [0.05, 0.1) is 6.07 Å². The molecular formula is C23H18N6. The van der Waals surface area contributed by atoms with Crippen LogP contribution in [0.4, 0.5) is 0 Å². The second-order valence-corrected chi connectivity index (χ2v) is 6.80. The lowest BCUT2D eigenvalue weighted by atomic mass is 9.85. The van der Waals surface area contributed by atoms with E-state index in [1.807, 2.05) is 42.6 Å². The number of amidine groups is 1. The first kappa shape index (κ1) is 18.2. The molecule has 1 aliphatic carbocycles. The number of hydrogen-bond acceptors (Lipinski definition) is 3. The summed E-state index contributed by atoms with van der Waals surface area (Å²) in [5, 5.41) is 24.9. The molecule has 1 heterocycles. The summed E-state index contributed by atoms with van der Waals surface area (Å²) in [6, 6.07) is 18.4. The van der Waals surface area contributed by atoms with Crippen LogP contribution in [0.3, 0.4) is 0 Å². The minimum atomic E-state index is -0.300. The van der Waals surface area contributed by atoms with E-state index in [1.165, 1.54) is 5.56 Å². The van der Waals surface area contributed by atoms with Gasteiger partial charge in [-0.2, -0.15) is 5.26 Å². The van der Waals surface area contributed by atoms with Crippen molar-refractivity contribution in [2.45, 2.75) is 12.5 Å². The summed E-state index contributed by atoms with van der Waals surface area (Å²) in [5.41, 5.74) is 4.01. The summed E-state index contributed by atoms with van der Waals surface area (Å²) < 4.78 is 2.16. The first-order valence-corrected chi connectivity index (χ1v) is 9.14. The summed E-state index contributed by atoms with van der Waals surface area (Å²) in [4.78, 5) is 0. The zero-order valence-corrected chi connectivity index (χ0v) is 15.6. The molecule has 3 aromatic rings. The van der Waals surface area contributed by atoms with Gasteiger partial charge < -0.3 is 10.4 Å². The fraction of sp³-hybridized carbons (Fsp3) is 0.130. The summed E-state index contributed by atoms with van der Waals surface area (Å²) in [7, 11) is 0. The predicted molar refractivity (Wildman–Crippen MR) is 112 cm³/mol. The van der Waals surface area contributed by atoms with Gasteiger partial charge in [0.1, 0.15) is 5.92 Å². The zero-order chi connectivity index (χ0) is 20.2. The first-order valence-electron chi connectivity index (χ1n) is 9.14. The van der Waals surface area contributed by atoms with Gasteiger partial charge >= 0.3 is 0 Å². The Morgan fingerprint density at radius 1 is 1.21 bits per heavy atom. The van der Waals surface area contributed by atoms with E-state index >= 15 is 0 Å². The van der Waals surface area contributed by atoms with Crippen molar-refractivity contribution >= 4 is 16.7 Å². The van der Waals surface area contributed by atoms with Crippen LogP contribution in [0.5, 0.6) is 0 Å². The summed E-state index contributed by atoms with van der Waals surface area (Å²) >= 11 is 0. The van der Waals surface area contributed by atoms with Gasteiger partial charge in [-0.25, -0.2) is 0 Å². The monoisotopic (exact) mass is 378 g/mol. The van der Waals surface area contributed by atoms with Crippen LogP contribution in [0.15, 0.2) is 77.2 Å². The number of benzene rings is 2. The number of hydrogen-bond donors (Lipinski definition) is 2. The Balaban J connectivity index is 1.55. The van der Waals surface area contributed by atoms with Gasteiger partial charge in [0.2, 0.25) is 0 Å². The number of nitrogens with one attached hydrogen (secondary N) is 1. The fourth-order valence-corrected chi connectivity index (χ4v) is 3.55. The molecule has 2 atom stereocenters. The average molecular weight is 378 g/mol. The number of rotatable bonds is 4. The van der Waals surface area contributed by atoms with E-state index in [0.29, 0.717) is 5.56 Å². The van der Waals surface area contributed by atoms with Crippen molar-refractivity contribution in [3.63, 3.8) is 0 Å². The van der Waals surface area contributed by atoms with Crippen molar-refractivity contribution in [2.24, 2.45) is 22.1 Å². The van der Waals surface area contributed by atoms with E-state index in [-0.39, 0.29) is 17.7 Å². The second kappa shape index (κ2) is 7.84. The maximum absolute atomic E-state index is 9.31. The van der Waals surface area contributed by atoms with Crippen LogP contribution < -0.4 is 5.84 Å². The van der Waals surface area contributed by atoms with E-state index in [2.05, 4.69) is 57.1 Å². The molecule has 4 rings (SSSR count). The van der Waals surface area contributed by atoms with Gasteiger partial charge in [-0.1, -0.05) is 47.4 Å². The number of fused-ring (bicyclic) bond motifs is 1. The molecule has 6 heteroatoms. The smallest absolute Gasteiger partial charge is 0.176 e. The van der Waals surface area contributed by atoms with E-state index < -0.39 is 0 Å². The van der Waals surface area contributed by atoms with Gasteiger partial charge in [0, 0.05) is 35.1 Å². The summed E-state index contributed by atoms with van der Waals surface area (Å²) in [6.07, 6.45) is 5.85. The molecule has 0 radical (unpaired) electrons. The minimum Gasteiger partial charge on any atom is -0.343 e. The highest BCUT2D eigenvalue weighted by Gasteiger charge is 2.20. The third-order valence-corrected chi connectivity index (χ3v) is 5.04. The zero-order valence-electron chi connectivity index (χ0n) is 15.6. The number of allylic oxidation sites excluding steroid dienone is 2. The normalized spacial score (nSPS) is 17.8. The van der Waals surface area contributed by atoms with Gasteiger partial charge in [0.25, 0.3) is 0 Å². The molecular weight excluding hydrogens is 360 g/mol. The topological polar surface area (TPSA) is 103 Å². The molecule has 1 aromatic heterocycles. The average Bonchev–Trinajstić information content (AvgIpc) is 3.16. The lowest BCUT2D eigenvalue weighted by Crippen LogP contribution is -2.09. The van der Waals surface area contributed by atoms with E-state index in [9.17, 15) is 5.26 Å². The third kappa shape index (κ3) is 3.65. The van der Waals surface area contributed by atoms with E-state index in [4.69, 9.17) is 11.3 Å². The Labute approximate surface area is 168 Å². The predicted octanol–water partition coefficient (Wildman–Crippen LogP) is 4.14. The fourth-order valence-electron chi connectivity index (χ4n) is 3.55. The molecule has 0 spiro atoms. The molecule has 6 nitrogen and oxygen atoms in total. The van der Waals surface area contributed by atoms with Crippen LogP contribution in [0.2, 0.25) is 0 Å². The highest BCUT2D eigenvalue weighted by Crippen LogP contribution is 2.28. The molecule has 3 N–H and O–H groups in total. The molecule has 0 saturated carbocycles. The van der Waals surface area contributed by atoms with Gasteiger partial charge in [-0.3, -0.25) is 5.41 Å². The Bertz CT molecular complexity index is 1230. The number of nitriles is 1. The van der Waals surface area contributed by atoms with Crippen LogP contribution in [-0.2, 0) is 6.54 Å². The lowest BCUT2D eigenvalue weighted by Gasteiger charge is -2.17. The molecule has 140 valence electrons. The Kier molecular flexibility index (Phi) is 4.92. The van der Waals surface area contributed by atoms with Crippen LogP contribution in [0.25, 0.3) is 10.9 Å². The lowest BCUT2D eigenvalue weighted by molar-refractivity contribution is 0.735. The maximum atomic E-state index is 9.31. The molecule has 0 bridgehead atoms. The van der Waals surface area contributed by atoms with Crippen LogP contribution in [-0.4, -0.2) is 10.4 Å². The number of nitrogens with zero attached hydrogens (tertiary/aromatic N) is 4. The van der Waals surface area contributed by atoms with Crippen molar-refractivity contribution in [1.82, 2.24) is 4.57 Å². The van der Waals surface area contributed by atoms with Crippen molar-refractivity contribution in [3.05, 3.63) is 83.6 Å². The Morgan fingerprint density at radius 3 is 2.79 bits per heavy atom. The molecule has 0 aliphatic heterocycles. The first-order chi connectivity index (χ1) is 14.2. The number of nitrogens with two attached hydrogens (primary N) is 1. The van der Waals surface area contributed by atoms with E-state index in [1.54, 1.807) is 0 Å². The highest BCUT2D eigenvalue weighted by molar-refractivity contribution is 6.00. The van der Waals surface area contributed by atoms with Gasteiger partial charge in [-0.05, 0) is 41.5 Å². The molecule has 0 fully saturated rings. The number of aromatic nitrogens is 1. The van der Waals surface area contributed by atoms with Gasteiger partial charge in [0.15, 0.2) is 5.84 Å². The summed E-state index contributed by atoms with van der Waals surface area (Å²) in [6.45, 7) is 0.727. The van der Waals surface area contributed by atoms with Crippen LogP contribution in [0.1, 0.15) is 22.6 Å². The van der Waals surface area contributed by atoms with E-state index in [0.717, 1.165) is 23.0 Å². The molecule has 0 saturated heterocycles.